The van der Waals surface area contributed by atoms with Gasteiger partial charge in [0.15, 0.2) is 0 Å². The Balaban J connectivity index is 1.23. The molecule has 1 unspecified atom stereocenters. The maximum absolute atomic E-state index is 13.5. The first-order valence-electron chi connectivity index (χ1n) is 12.0. The van der Waals surface area contributed by atoms with Crippen LogP contribution in [-0.2, 0) is 17.1 Å². The summed E-state index contributed by atoms with van der Waals surface area (Å²) in [7, 11) is -1.93. The number of sulfonamides is 1. The van der Waals surface area contributed by atoms with Crippen LogP contribution in [0.2, 0.25) is 0 Å². The third-order valence-corrected chi connectivity index (χ3v) is 9.85. The zero-order chi connectivity index (χ0) is 24.2. The van der Waals surface area contributed by atoms with E-state index in [2.05, 4.69) is 33.1 Å². The second kappa shape index (κ2) is 8.71. The van der Waals surface area contributed by atoms with Gasteiger partial charge in [-0.1, -0.05) is 6.42 Å². The quantitative estimate of drug-likeness (QED) is 0.473. The Morgan fingerprint density at radius 2 is 2.00 bits per heavy atom. The van der Waals surface area contributed by atoms with Crippen molar-refractivity contribution in [1.82, 2.24) is 29.3 Å². The second-order valence-electron chi connectivity index (χ2n) is 9.66. The summed E-state index contributed by atoms with van der Waals surface area (Å²) < 4.78 is 30.2. The molecule has 2 fully saturated rings. The van der Waals surface area contributed by atoms with Crippen molar-refractivity contribution in [1.29, 1.82) is 0 Å². The third kappa shape index (κ3) is 4.15. The van der Waals surface area contributed by atoms with Crippen molar-refractivity contribution in [2.24, 2.45) is 12.1 Å². The Morgan fingerprint density at radius 1 is 1.20 bits per heavy atom. The molecule has 0 spiro atoms. The van der Waals surface area contributed by atoms with E-state index in [1.54, 1.807) is 33.5 Å². The highest BCUT2D eigenvalue weighted by Crippen LogP contribution is 2.39. The average Bonchev–Trinajstić information content (AvgIpc) is 3.54. The number of hydrazone groups is 1. The molecule has 2 saturated heterocycles. The van der Waals surface area contributed by atoms with Crippen molar-refractivity contribution >= 4 is 49.2 Å². The van der Waals surface area contributed by atoms with Gasteiger partial charge in [0, 0.05) is 50.0 Å². The molecule has 0 saturated carbocycles. The summed E-state index contributed by atoms with van der Waals surface area (Å²) in [6, 6.07) is 2.27. The number of aromatic nitrogens is 4. The van der Waals surface area contributed by atoms with Crippen LogP contribution in [0.25, 0.3) is 10.2 Å². The van der Waals surface area contributed by atoms with Crippen LogP contribution in [0.1, 0.15) is 45.4 Å². The predicted molar refractivity (Wildman–Crippen MR) is 136 cm³/mol. The van der Waals surface area contributed by atoms with E-state index in [4.69, 9.17) is 9.97 Å². The van der Waals surface area contributed by atoms with Gasteiger partial charge in [-0.15, -0.1) is 11.3 Å². The van der Waals surface area contributed by atoms with Crippen molar-refractivity contribution in [2.75, 3.05) is 10.6 Å². The lowest BCUT2D eigenvalue weighted by Gasteiger charge is -2.47. The van der Waals surface area contributed by atoms with Crippen molar-refractivity contribution in [3.8, 4) is 0 Å². The van der Waals surface area contributed by atoms with Crippen molar-refractivity contribution in [3.63, 3.8) is 0 Å². The molecule has 13 heteroatoms. The molecular formula is C22H29N9O2S2. The molecule has 0 aromatic carbocycles. The summed E-state index contributed by atoms with van der Waals surface area (Å²) in [5, 5.41) is 14.3. The van der Waals surface area contributed by atoms with E-state index >= 15 is 0 Å². The maximum atomic E-state index is 13.5. The number of piperidine rings is 2. The van der Waals surface area contributed by atoms with Crippen LogP contribution in [0.15, 0.2) is 34.1 Å². The Kier molecular flexibility index (Phi) is 5.65. The normalized spacial score (nSPS) is 27.0. The second-order valence-corrected chi connectivity index (χ2v) is 12.3. The van der Waals surface area contributed by atoms with E-state index in [0.717, 1.165) is 47.6 Å². The maximum Gasteiger partial charge on any atom is 0.277 e. The largest absolute Gasteiger partial charge is 0.351 e. The number of fused-ring (bicyclic) bond motifs is 3. The molecule has 11 nitrogen and oxygen atoms in total. The van der Waals surface area contributed by atoms with Crippen LogP contribution in [0.3, 0.4) is 0 Å². The predicted octanol–water partition coefficient (Wildman–Crippen LogP) is 2.72. The molecule has 3 N–H and O–H groups in total. The fourth-order valence-corrected chi connectivity index (χ4v) is 8.27. The lowest BCUT2D eigenvalue weighted by Crippen LogP contribution is -2.57. The number of aryl methyl sites for hydroxylation is 1. The van der Waals surface area contributed by atoms with E-state index in [1.165, 1.54) is 6.20 Å². The van der Waals surface area contributed by atoms with Gasteiger partial charge in [-0.2, -0.15) is 14.4 Å². The molecular weight excluding hydrogens is 486 g/mol. The summed E-state index contributed by atoms with van der Waals surface area (Å²) in [6.45, 7) is 2.09. The van der Waals surface area contributed by atoms with Gasteiger partial charge < -0.3 is 20.6 Å². The standard InChI is InChI=1S/C22H29N9O2S2/c1-13-10-18(29-28-13)25-19-17-6-9-34-20(17)27-21(26-19)24-14-11-15-4-3-5-16(12-14)31(15)35(32,33)22-23-7-8-30(22)2/h6-9,13-16,28H,3-5,10-12H2,1-2H3,(H2,24,25,26,27,29)/t13?,14-,15-,16+. The molecule has 35 heavy (non-hydrogen) atoms. The van der Waals surface area contributed by atoms with Gasteiger partial charge in [0.25, 0.3) is 10.0 Å². The highest BCUT2D eigenvalue weighted by Gasteiger charge is 2.46. The smallest absolute Gasteiger partial charge is 0.277 e. The third-order valence-electron chi connectivity index (χ3n) is 7.03. The monoisotopic (exact) mass is 515 g/mol. The van der Waals surface area contributed by atoms with Crippen LogP contribution in [0.4, 0.5) is 11.8 Å². The molecule has 0 amide bonds. The number of imidazole rings is 1. The van der Waals surface area contributed by atoms with Crippen molar-refractivity contribution in [3.05, 3.63) is 23.8 Å². The van der Waals surface area contributed by atoms with Gasteiger partial charge in [0.05, 0.1) is 5.39 Å². The first-order valence-corrected chi connectivity index (χ1v) is 14.3. The van der Waals surface area contributed by atoms with Gasteiger partial charge in [0.2, 0.25) is 11.1 Å². The van der Waals surface area contributed by atoms with E-state index in [-0.39, 0.29) is 23.3 Å². The van der Waals surface area contributed by atoms with Gasteiger partial charge in [-0.05, 0) is 44.1 Å². The summed E-state index contributed by atoms with van der Waals surface area (Å²) in [5.74, 6) is 2.16. The molecule has 2 bridgehead atoms. The highest BCUT2D eigenvalue weighted by atomic mass is 32.2. The van der Waals surface area contributed by atoms with Gasteiger partial charge >= 0.3 is 0 Å². The molecule has 3 aromatic heterocycles. The van der Waals surface area contributed by atoms with Gasteiger partial charge in [-0.25, -0.2) is 18.4 Å². The minimum absolute atomic E-state index is 0.0647. The van der Waals surface area contributed by atoms with E-state index < -0.39 is 10.0 Å². The Labute approximate surface area is 208 Å². The van der Waals surface area contributed by atoms with Crippen LogP contribution in [0, 0.1) is 0 Å². The molecule has 4 atom stereocenters. The number of nitrogens with zero attached hydrogens (tertiary/aromatic N) is 6. The first-order chi connectivity index (χ1) is 16.9. The molecule has 3 aromatic rings. The van der Waals surface area contributed by atoms with E-state index in [0.29, 0.717) is 24.8 Å². The number of thiophene rings is 1. The molecule has 0 aliphatic carbocycles. The van der Waals surface area contributed by atoms with Crippen molar-refractivity contribution in [2.45, 2.75) is 74.8 Å². The number of hydrogen-bond donors (Lipinski definition) is 3. The molecule has 6 heterocycles. The van der Waals surface area contributed by atoms with Crippen LogP contribution in [0.5, 0.6) is 0 Å². The van der Waals surface area contributed by atoms with E-state index in [9.17, 15) is 8.42 Å². The van der Waals surface area contributed by atoms with Crippen LogP contribution >= 0.6 is 11.3 Å². The highest BCUT2D eigenvalue weighted by molar-refractivity contribution is 7.89. The number of anilines is 2. The van der Waals surface area contributed by atoms with Gasteiger partial charge in [-0.3, -0.25) is 0 Å². The lowest BCUT2D eigenvalue weighted by atomic mass is 9.84. The summed E-state index contributed by atoms with van der Waals surface area (Å²) in [4.78, 5) is 14.6. The summed E-state index contributed by atoms with van der Waals surface area (Å²) >= 11 is 1.57. The topological polar surface area (TPSA) is 129 Å². The Hall–Kier alpha value is -2.77. The minimum Gasteiger partial charge on any atom is -0.351 e. The summed E-state index contributed by atoms with van der Waals surface area (Å²) in [6.07, 6.45) is 8.18. The average molecular weight is 516 g/mol. The van der Waals surface area contributed by atoms with Crippen LogP contribution < -0.4 is 16.1 Å². The van der Waals surface area contributed by atoms with Crippen molar-refractivity contribution < 1.29 is 8.42 Å². The van der Waals surface area contributed by atoms with E-state index in [1.807, 2.05) is 11.4 Å². The Morgan fingerprint density at radius 3 is 2.69 bits per heavy atom. The molecule has 3 aliphatic rings. The lowest BCUT2D eigenvalue weighted by molar-refractivity contribution is 0.115. The fourth-order valence-electron chi connectivity index (χ4n) is 5.53. The molecule has 186 valence electrons. The number of hydrogen-bond acceptors (Lipinski definition) is 10. The minimum atomic E-state index is -3.65. The molecule has 0 radical (unpaired) electrons. The molecule has 6 rings (SSSR count). The SMILES string of the molecule is CC1CC(Nc2nc(N[C@@H]3C[C@H]4CCC[C@@H](C3)N4S(=O)(=O)c3nccn3C)nc3sccc23)=NN1. The summed E-state index contributed by atoms with van der Waals surface area (Å²) in [5.41, 5.74) is 3.07. The Bertz CT molecular complexity index is 1370. The first kappa shape index (κ1) is 22.7. The molecule has 3 aliphatic heterocycles. The number of nitrogens with one attached hydrogen (secondary N) is 3. The number of rotatable bonds is 5. The zero-order valence-corrected chi connectivity index (χ0v) is 21.3. The van der Waals surface area contributed by atoms with Crippen LogP contribution in [-0.4, -0.2) is 62.2 Å². The zero-order valence-electron chi connectivity index (χ0n) is 19.7. The van der Waals surface area contributed by atoms with Gasteiger partial charge in [0.1, 0.15) is 16.5 Å². The number of amidine groups is 1. The fraction of sp³-hybridized carbons (Fsp3) is 0.545.